The Labute approximate surface area is 215 Å². The summed E-state index contributed by atoms with van der Waals surface area (Å²) in [6.45, 7) is 0.123. The molecule has 0 aromatic heterocycles. The maximum atomic E-state index is 13.0. The first kappa shape index (κ1) is 25.2. The third-order valence-electron chi connectivity index (χ3n) is 5.50. The molecule has 0 unspecified atom stereocenters. The molecule has 1 amide bonds. The minimum atomic E-state index is -3.51. The molecule has 0 aliphatic heterocycles. The predicted octanol–water partition coefficient (Wildman–Crippen LogP) is 5.79. The molecule has 0 aliphatic rings. The Bertz CT molecular complexity index is 1490. The number of benzene rings is 4. The lowest BCUT2D eigenvalue weighted by Gasteiger charge is -2.22. The SMILES string of the molecule is CS(=O)(=O)N(Cc1ccc(C(=O)Nc2ccc(Cl)cc2C(=O)c2ccccc2)cc1)c1ccccc1. The number of sulfonamides is 1. The zero-order chi connectivity index (χ0) is 25.7. The van der Waals surface area contributed by atoms with Crippen molar-refractivity contribution in [1.82, 2.24) is 0 Å². The molecule has 4 aromatic carbocycles. The van der Waals surface area contributed by atoms with Crippen molar-refractivity contribution in [3.63, 3.8) is 0 Å². The molecule has 0 aliphatic carbocycles. The van der Waals surface area contributed by atoms with Crippen LogP contribution in [0.25, 0.3) is 0 Å². The fraction of sp³-hybridized carbons (Fsp3) is 0.0714. The summed E-state index contributed by atoms with van der Waals surface area (Å²) in [6, 6.07) is 28.9. The van der Waals surface area contributed by atoms with Crippen LogP contribution in [0, 0.1) is 0 Å². The van der Waals surface area contributed by atoms with Gasteiger partial charge in [0.25, 0.3) is 5.91 Å². The van der Waals surface area contributed by atoms with E-state index in [1.165, 1.54) is 10.4 Å². The second-order valence-electron chi connectivity index (χ2n) is 8.14. The number of amides is 1. The fourth-order valence-corrected chi connectivity index (χ4v) is 4.73. The van der Waals surface area contributed by atoms with E-state index in [4.69, 9.17) is 11.6 Å². The van der Waals surface area contributed by atoms with Crippen LogP contribution in [0.2, 0.25) is 5.02 Å². The van der Waals surface area contributed by atoms with Crippen molar-refractivity contribution in [2.75, 3.05) is 15.9 Å². The summed E-state index contributed by atoms with van der Waals surface area (Å²) in [7, 11) is -3.51. The minimum Gasteiger partial charge on any atom is -0.321 e. The van der Waals surface area contributed by atoms with Crippen LogP contribution in [0.15, 0.2) is 103 Å². The van der Waals surface area contributed by atoms with Crippen molar-refractivity contribution in [2.45, 2.75) is 6.54 Å². The molecular weight excluding hydrogens is 496 g/mol. The lowest BCUT2D eigenvalue weighted by molar-refractivity contribution is 0.102. The third kappa shape index (κ3) is 6.00. The van der Waals surface area contributed by atoms with Crippen molar-refractivity contribution in [3.8, 4) is 0 Å². The van der Waals surface area contributed by atoms with Gasteiger partial charge in [0.15, 0.2) is 5.78 Å². The predicted molar refractivity (Wildman–Crippen MR) is 143 cm³/mol. The first-order chi connectivity index (χ1) is 17.2. The van der Waals surface area contributed by atoms with E-state index in [2.05, 4.69) is 5.32 Å². The van der Waals surface area contributed by atoms with Gasteiger partial charge in [0, 0.05) is 21.7 Å². The number of hydrogen-bond acceptors (Lipinski definition) is 4. The first-order valence-electron chi connectivity index (χ1n) is 11.0. The van der Waals surface area contributed by atoms with Crippen molar-refractivity contribution in [1.29, 1.82) is 0 Å². The number of carbonyl (C=O) groups is 2. The van der Waals surface area contributed by atoms with Crippen molar-refractivity contribution in [3.05, 3.63) is 130 Å². The Morgan fingerprint density at radius 3 is 2.03 bits per heavy atom. The highest BCUT2D eigenvalue weighted by Crippen LogP contribution is 2.25. The average Bonchev–Trinajstić information content (AvgIpc) is 2.88. The fourth-order valence-electron chi connectivity index (χ4n) is 3.67. The topological polar surface area (TPSA) is 83.6 Å². The van der Waals surface area contributed by atoms with Crippen molar-refractivity contribution < 1.29 is 18.0 Å². The van der Waals surface area contributed by atoms with Crippen LogP contribution < -0.4 is 9.62 Å². The largest absolute Gasteiger partial charge is 0.321 e. The second kappa shape index (κ2) is 10.8. The Morgan fingerprint density at radius 2 is 1.42 bits per heavy atom. The maximum Gasteiger partial charge on any atom is 0.255 e. The molecule has 36 heavy (non-hydrogen) atoms. The summed E-state index contributed by atoms with van der Waals surface area (Å²) in [5.41, 5.74) is 2.73. The van der Waals surface area contributed by atoms with E-state index in [0.29, 0.717) is 33.1 Å². The molecule has 0 saturated heterocycles. The molecule has 4 aromatic rings. The quantitative estimate of drug-likeness (QED) is 0.299. The van der Waals surface area contributed by atoms with E-state index in [1.54, 1.807) is 84.9 Å². The van der Waals surface area contributed by atoms with E-state index in [9.17, 15) is 18.0 Å². The highest BCUT2D eigenvalue weighted by molar-refractivity contribution is 7.92. The number of nitrogens with one attached hydrogen (secondary N) is 1. The standard InChI is InChI=1S/C28H23ClN2O4S/c1-36(34,35)31(24-10-6-3-7-11-24)19-20-12-14-22(15-13-20)28(33)30-26-17-16-23(29)18-25(26)27(32)21-8-4-2-5-9-21/h2-18H,19H2,1H3,(H,30,33). The van der Waals surface area contributed by atoms with Gasteiger partial charge in [-0.3, -0.25) is 13.9 Å². The highest BCUT2D eigenvalue weighted by atomic mass is 35.5. The number of nitrogens with zero attached hydrogens (tertiary/aromatic N) is 1. The second-order valence-corrected chi connectivity index (χ2v) is 10.5. The number of hydrogen-bond donors (Lipinski definition) is 1. The summed E-state index contributed by atoms with van der Waals surface area (Å²) >= 11 is 6.13. The smallest absolute Gasteiger partial charge is 0.255 e. The molecule has 6 nitrogen and oxygen atoms in total. The molecule has 4 rings (SSSR count). The van der Waals surface area contributed by atoms with Gasteiger partial charge in [0.2, 0.25) is 10.0 Å². The molecule has 182 valence electrons. The van der Waals surface area contributed by atoms with Crippen LogP contribution in [-0.4, -0.2) is 26.4 Å². The van der Waals surface area contributed by atoms with Gasteiger partial charge >= 0.3 is 0 Å². The van der Waals surface area contributed by atoms with Crippen LogP contribution in [0.1, 0.15) is 31.8 Å². The summed E-state index contributed by atoms with van der Waals surface area (Å²) in [5, 5.41) is 3.17. The minimum absolute atomic E-state index is 0.123. The Morgan fingerprint density at radius 1 is 0.806 bits per heavy atom. The van der Waals surface area contributed by atoms with E-state index in [0.717, 1.165) is 6.26 Å². The van der Waals surface area contributed by atoms with Gasteiger partial charge < -0.3 is 5.32 Å². The molecule has 0 radical (unpaired) electrons. The molecule has 0 fully saturated rings. The van der Waals surface area contributed by atoms with Crippen LogP contribution >= 0.6 is 11.6 Å². The Hall–Kier alpha value is -3.94. The average molecular weight is 519 g/mol. The summed E-state index contributed by atoms with van der Waals surface area (Å²) in [6.07, 6.45) is 1.16. The van der Waals surface area contributed by atoms with E-state index in [1.807, 2.05) is 12.1 Å². The normalized spacial score (nSPS) is 11.1. The highest BCUT2D eigenvalue weighted by Gasteiger charge is 2.19. The van der Waals surface area contributed by atoms with Gasteiger partial charge in [0.05, 0.1) is 24.2 Å². The van der Waals surface area contributed by atoms with Crippen LogP contribution in [0.5, 0.6) is 0 Å². The number of carbonyl (C=O) groups excluding carboxylic acids is 2. The summed E-state index contributed by atoms with van der Waals surface area (Å²) in [5.74, 6) is -0.667. The number of halogens is 1. The van der Waals surface area contributed by atoms with Gasteiger partial charge in [-0.05, 0) is 48.0 Å². The van der Waals surface area contributed by atoms with Crippen molar-refractivity contribution in [2.24, 2.45) is 0 Å². The molecule has 0 bridgehead atoms. The van der Waals surface area contributed by atoms with E-state index in [-0.39, 0.29) is 17.9 Å². The molecular formula is C28H23ClN2O4S. The van der Waals surface area contributed by atoms with Gasteiger partial charge in [-0.15, -0.1) is 0 Å². The zero-order valence-electron chi connectivity index (χ0n) is 19.4. The van der Waals surface area contributed by atoms with Gasteiger partial charge in [-0.2, -0.15) is 0 Å². The molecule has 1 N–H and O–H groups in total. The summed E-state index contributed by atoms with van der Waals surface area (Å²) in [4.78, 5) is 26.0. The lowest BCUT2D eigenvalue weighted by Crippen LogP contribution is -2.29. The van der Waals surface area contributed by atoms with Crippen LogP contribution in [0.3, 0.4) is 0 Å². The van der Waals surface area contributed by atoms with Crippen LogP contribution in [-0.2, 0) is 16.6 Å². The van der Waals surface area contributed by atoms with Gasteiger partial charge in [0.1, 0.15) is 0 Å². The van der Waals surface area contributed by atoms with Crippen molar-refractivity contribution >= 4 is 44.7 Å². The number of para-hydroxylation sites is 1. The molecule has 0 atom stereocenters. The lowest BCUT2D eigenvalue weighted by atomic mass is 10.0. The monoisotopic (exact) mass is 518 g/mol. The third-order valence-corrected chi connectivity index (χ3v) is 6.87. The van der Waals surface area contributed by atoms with E-state index < -0.39 is 15.9 Å². The zero-order valence-corrected chi connectivity index (χ0v) is 21.0. The summed E-state index contributed by atoms with van der Waals surface area (Å²) < 4.78 is 26.0. The van der Waals surface area contributed by atoms with Crippen LogP contribution in [0.4, 0.5) is 11.4 Å². The first-order valence-corrected chi connectivity index (χ1v) is 13.3. The Balaban J connectivity index is 1.53. The number of ketones is 1. The molecule has 0 spiro atoms. The van der Waals surface area contributed by atoms with Gasteiger partial charge in [-0.1, -0.05) is 72.3 Å². The van der Waals surface area contributed by atoms with Gasteiger partial charge in [-0.25, -0.2) is 8.42 Å². The molecule has 8 heteroatoms. The molecule has 0 saturated carbocycles. The van der Waals surface area contributed by atoms with E-state index >= 15 is 0 Å². The maximum absolute atomic E-state index is 13.0. The molecule has 0 heterocycles. The Kier molecular flexibility index (Phi) is 7.52. The number of rotatable bonds is 8. The number of anilines is 2.